The Morgan fingerprint density at radius 1 is 1.63 bits per heavy atom. The zero-order chi connectivity index (χ0) is 13.9. The fraction of sp³-hybridized carbons (Fsp3) is 0.857. The predicted octanol–water partition coefficient (Wildman–Crippen LogP) is 2.32. The van der Waals surface area contributed by atoms with Crippen molar-refractivity contribution < 1.29 is 9.84 Å². The molecule has 0 aromatic carbocycles. The molecule has 0 aliphatic heterocycles. The molecule has 3 atom stereocenters. The van der Waals surface area contributed by atoms with E-state index >= 15 is 0 Å². The monoisotopic (exact) mass is 267 g/mol. The molecule has 19 heavy (non-hydrogen) atoms. The minimum atomic E-state index is -0.651. The van der Waals surface area contributed by atoms with Crippen molar-refractivity contribution in [3.63, 3.8) is 0 Å². The lowest BCUT2D eigenvalue weighted by Crippen LogP contribution is -2.43. The van der Waals surface area contributed by atoms with E-state index in [1.54, 1.807) is 18.0 Å². The topological polar surface area (TPSA) is 60.2 Å². The summed E-state index contributed by atoms with van der Waals surface area (Å²) in [5.74, 6) is 0.582. The summed E-state index contributed by atoms with van der Waals surface area (Å²) in [5.41, 5.74) is 0.294. The lowest BCUT2D eigenvalue weighted by molar-refractivity contribution is -0.136. The molecule has 0 spiro atoms. The first kappa shape index (κ1) is 14.5. The molecule has 108 valence electrons. The van der Waals surface area contributed by atoms with Crippen LogP contribution in [0.3, 0.4) is 0 Å². The quantitative estimate of drug-likeness (QED) is 0.889. The summed E-state index contributed by atoms with van der Waals surface area (Å²) < 4.78 is 7.55. The number of nitrogens with zero attached hydrogens (tertiary/aromatic N) is 3. The van der Waals surface area contributed by atoms with Crippen molar-refractivity contribution in [2.45, 2.75) is 64.2 Å². The van der Waals surface area contributed by atoms with Gasteiger partial charge in [0.15, 0.2) is 0 Å². The van der Waals surface area contributed by atoms with Gasteiger partial charge in [-0.1, -0.05) is 31.9 Å². The molecule has 1 saturated carbocycles. The molecule has 1 heterocycles. The molecule has 1 aromatic rings. The third-order valence-corrected chi connectivity index (χ3v) is 4.26. The molecule has 0 radical (unpaired) electrons. The van der Waals surface area contributed by atoms with E-state index in [0.29, 0.717) is 5.92 Å². The first-order chi connectivity index (χ1) is 9.13. The minimum absolute atomic E-state index is 0.481. The van der Waals surface area contributed by atoms with Crippen LogP contribution in [-0.2, 0) is 11.3 Å². The summed E-state index contributed by atoms with van der Waals surface area (Å²) in [6.45, 7) is 5.09. The average Bonchev–Trinajstić information content (AvgIpc) is 2.86. The molecular weight excluding hydrogens is 242 g/mol. The number of hydrogen-bond donors (Lipinski definition) is 1. The normalized spacial score (nSPS) is 29.4. The number of methoxy groups -OCH3 is 1. The van der Waals surface area contributed by atoms with Crippen LogP contribution in [0.2, 0.25) is 0 Å². The van der Waals surface area contributed by atoms with Crippen molar-refractivity contribution in [3.8, 4) is 0 Å². The Morgan fingerprint density at radius 3 is 3.05 bits per heavy atom. The van der Waals surface area contributed by atoms with Gasteiger partial charge >= 0.3 is 0 Å². The van der Waals surface area contributed by atoms with Crippen LogP contribution in [0, 0.1) is 5.92 Å². The Balaban J connectivity index is 2.24. The van der Waals surface area contributed by atoms with Crippen molar-refractivity contribution in [3.05, 3.63) is 11.9 Å². The molecule has 3 unspecified atom stereocenters. The maximum Gasteiger partial charge on any atom is 0.126 e. The molecule has 1 aromatic heterocycles. The van der Waals surface area contributed by atoms with Crippen LogP contribution >= 0.6 is 0 Å². The highest BCUT2D eigenvalue weighted by atomic mass is 16.5. The summed E-state index contributed by atoms with van der Waals surface area (Å²) in [5, 5.41) is 18.8. The summed E-state index contributed by atoms with van der Waals surface area (Å²) in [7, 11) is 1.70. The van der Waals surface area contributed by atoms with Gasteiger partial charge in [-0.05, 0) is 25.2 Å². The van der Waals surface area contributed by atoms with E-state index in [1.165, 1.54) is 6.42 Å². The van der Waals surface area contributed by atoms with Gasteiger partial charge in [0.05, 0.1) is 17.5 Å². The van der Waals surface area contributed by atoms with E-state index in [9.17, 15) is 5.11 Å². The van der Waals surface area contributed by atoms with Gasteiger partial charge in [-0.3, -0.25) is 0 Å². The number of aromatic nitrogens is 3. The van der Waals surface area contributed by atoms with Crippen LogP contribution in [0.5, 0.6) is 0 Å². The maximum absolute atomic E-state index is 10.8. The van der Waals surface area contributed by atoms with Crippen molar-refractivity contribution in [2.75, 3.05) is 7.11 Å². The van der Waals surface area contributed by atoms with Crippen molar-refractivity contribution in [1.82, 2.24) is 15.0 Å². The van der Waals surface area contributed by atoms with Crippen LogP contribution in [0.15, 0.2) is 6.20 Å². The number of aryl methyl sites for hydroxylation is 1. The molecule has 0 amide bonds. The number of aliphatic hydroxyl groups excluding tert-OH is 1. The third-order valence-electron chi connectivity index (χ3n) is 4.26. The lowest BCUT2D eigenvalue weighted by atomic mass is 9.75. The van der Waals surface area contributed by atoms with Gasteiger partial charge in [-0.25, -0.2) is 4.68 Å². The van der Waals surface area contributed by atoms with Crippen LogP contribution in [0.4, 0.5) is 0 Å². The molecule has 1 N–H and O–H groups in total. The van der Waals surface area contributed by atoms with Gasteiger partial charge in [-0.2, -0.15) is 0 Å². The minimum Gasteiger partial charge on any atom is -0.384 e. The Bertz CT molecular complexity index is 407. The van der Waals surface area contributed by atoms with Crippen LogP contribution < -0.4 is 0 Å². The van der Waals surface area contributed by atoms with E-state index < -0.39 is 11.7 Å². The number of ether oxygens (including phenoxy) is 1. The molecule has 1 fully saturated rings. The summed E-state index contributed by atoms with van der Waals surface area (Å²) in [4.78, 5) is 0. The van der Waals surface area contributed by atoms with Crippen LogP contribution in [-0.4, -0.2) is 32.8 Å². The molecule has 5 heteroatoms. The number of aliphatic hydroxyl groups is 1. The highest BCUT2D eigenvalue weighted by molar-refractivity contribution is 5.08. The molecule has 0 bridgehead atoms. The maximum atomic E-state index is 10.8. The van der Waals surface area contributed by atoms with Crippen molar-refractivity contribution >= 4 is 0 Å². The van der Waals surface area contributed by atoms with Gasteiger partial charge in [0, 0.05) is 13.7 Å². The van der Waals surface area contributed by atoms with Crippen LogP contribution in [0.25, 0.3) is 0 Å². The summed E-state index contributed by atoms with van der Waals surface area (Å²) in [6.07, 6.45) is 6.08. The summed E-state index contributed by atoms with van der Waals surface area (Å²) >= 11 is 0. The highest BCUT2D eigenvalue weighted by Crippen LogP contribution is 2.42. The van der Waals surface area contributed by atoms with Crippen LogP contribution in [0.1, 0.15) is 57.7 Å². The number of hydrogen-bond acceptors (Lipinski definition) is 4. The molecule has 5 nitrogen and oxygen atoms in total. The smallest absolute Gasteiger partial charge is 0.126 e. The summed E-state index contributed by atoms with van der Waals surface area (Å²) in [6, 6.07) is 0. The van der Waals surface area contributed by atoms with Crippen molar-refractivity contribution in [2.24, 2.45) is 5.92 Å². The van der Waals surface area contributed by atoms with E-state index in [0.717, 1.165) is 37.9 Å². The van der Waals surface area contributed by atoms with E-state index in [4.69, 9.17) is 4.74 Å². The predicted molar refractivity (Wildman–Crippen MR) is 72.6 cm³/mol. The molecule has 1 aliphatic carbocycles. The Hall–Kier alpha value is -0.940. The lowest BCUT2D eigenvalue weighted by Gasteiger charge is -2.42. The largest absolute Gasteiger partial charge is 0.384 e. The fourth-order valence-corrected chi connectivity index (χ4v) is 3.22. The van der Waals surface area contributed by atoms with E-state index in [1.807, 2.05) is 0 Å². The second-order valence-corrected chi connectivity index (χ2v) is 5.75. The highest BCUT2D eigenvalue weighted by Gasteiger charge is 2.43. The second kappa shape index (κ2) is 6.01. The molecular formula is C14H25N3O2. The zero-order valence-corrected chi connectivity index (χ0v) is 12.2. The average molecular weight is 267 g/mol. The standard InChI is InChI=1S/C14H25N3O2/c1-4-8-17-12(10-15-16-17)13(18)14(19-3)7-5-6-11(2)9-14/h10-11,13,18H,4-9H2,1-3H3. The Morgan fingerprint density at radius 2 is 2.42 bits per heavy atom. The molecule has 1 aliphatic rings. The first-order valence-electron chi connectivity index (χ1n) is 7.24. The Kier molecular flexibility index (Phi) is 4.58. The second-order valence-electron chi connectivity index (χ2n) is 5.75. The van der Waals surface area contributed by atoms with Gasteiger partial charge < -0.3 is 9.84 Å². The molecule has 2 rings (SSSR count). The number of rotatable bonds is 5. The SMILES string of the molecule is CCCn1nncc1C(O)C1(OC)CCCC(C)C1. The fourth-order valence-electron chi connectivity index (χ4n) is 3.22. The first-order valence-corrected chi connectivity index (χ1v) is 7.24. The molecule has 0 saturated heterocycles. The van der Waals surface area contributed by atoms with E-state index in [-0.39, 0.29) is 0 Å². The van der Waals surface area contributed by atoms with E-state index in [2.05, 4.69) is 24.2 Å². The Labute approximate surface area is 115 Å². The van der Waals surface area contributed by atoms with Gasteiger partial charge in [0.1, 0.15) is 6.10 Å². The third kappa shape index (κ3) is 2.82. The van der Waals surface area contributed by atoms with Gasteiger partial charge in [0.2, 0.25) is 0 Å². The zero-order valence-electron chi connectivity index (χ0n) is 12.2. The van der Waals surface area contributed by atoms with Gasteiger partial charge in [-0.15, -0.1) is 5.10 Å². The van der Waals surface area contributed by atoms with Gasteiger partial charge in [0.25, 0.3) is 0 Å². The van der Waals surface area contributed by atoms with Crippen molar-refractivity contribution in [1.29, 1.82) is 0 Å².